The highest BCUT2D eigenvalue weighted by atomic mass is 35.5. The molecule has 2 fully saturated rings. The Balaban J connectivity index is 1.58. The maximum absolute atomic E-state index is 10.5. The molecule has 1 heterocycles. The van der Waals surface area contributed by atoms with Gasteiger partial charge in [0.2, 0.25) is 0 Å². The zero-order valence-corrected chi connectivity index (χ0v) is 13.2. The zero-order chi connectivity index (χ0) is 14.8. The molecule has 1 aliphatic heterocycles. The average Bonchev–Trinajstić information content (AvgIpc) is 3.14. The van der Waals surface area contributed by atoms with E-state index in [1.807, 2.05) is 6.08 Å². The molecule has 0 radical (unpaired) electrons. The molecule has 118 valence electrons. The van der Waals surface area contributed by atoms with E-state index in [0.717, 1.165) is 56.6 Å². The minimum absolute atomic E-state index is 0.246. The van der Waals surface area contributed by atoms with Crippen LogP contribution in [0, 0.1) is 0 Å². The van der Waals surface area contributed by atoms with Crippen LogP contribution in [0.2, 0.25) is 0 Å². The summed E-state index contributed by atoms with van der Waals surface area (Å²) in [7, 11) is 0. The van der Waals surface area contributed by atoms with Gasteiger partial charge in [0.15, 0.2) is 0 Å². The van der Waals surface area contributed by atoms with Crippen LogP contribution in [0.1, 0.15) is 38.5 Å². The summed E-state index contributed by atoms with van der Waals surface area (Å²) in [6.07, 6.45) is 7.91. The summed E-state index contributed by atoms with van der Waals surface area (Å²) < 4.78 is 5.79. The predicted octanol–water partition coefficient (Wildman–Crippen LogP) is 2.12. The third kappa shape index (κ3) is 4.01. The lowest BCUT2D eigenvalue weighted by Crippen LogP contribution is -2.45. The first-order valence-corrected chi connectivity index (χ1v) is 8.43. The Morgan fingerprint density at radius 2 is 2.05 bits per heavy atom. The Morgan fingerprint density at radius 3 is 2.67 bits per heavy atom. The van der Waals surface area contributed by atoms with Gasteiger partial charge in [-0.15, -0.1) is 0 Å². The second kappa shape index (κ2) is 6.69. The number of ether oxygens (including phenoxy) is 1. The van der Waals surface area contributed by atoms with Crippen molar-refractivity contribution in [3.8, 4) is 0 Å². The molecule has 21 heavy (non-hydrogen) atoms. The predicted molar refractivity (Wildman–Crippen MR) is 84.0 cm³/mol. The van der Waals surface area contributed by atoms with E-state index in [2.05, 4.69) is 4.90 Å². The molecule has 1 saturated heterocycles. The van der Waals surface area contributed by atoms with Crippen molar-refractivity contribution in [2.75, 3.05) is 19.6 Å². The van der Waals surface area contributed by atoms with Gasteiger partial charge in [0.25, 0.3) is 0 Å². The number of nitrogens with two attached hydrogens (primary N) is 1. The SMILES string of the molecule is N[C@H](CN1CCCC1)[C@H](O)C1=CC(Cl)=C(OC2CC2)CC1. The maximum Gasteiger partial charge on any atom is 0.115 e. The van der Waals surface area contributed by atoms with Gasteiger partial charge in [-0.2, -0.15) is 0 Å². The molecule has 3 aliphatic rings. The molecular weight excluding hydrogens is 288 g/mol. The van der Waals surface area contributed by atoms with Gasteiger partial charge in [0.05, 0.1) is 17.2 Å². The summed E-state index contributed by atoms with van der Waals surface area (Å²) in [6.45, 7) is 2.95. The highest BCUT2D eigenvalue weighted by molar-refractivity contribution is 6.31. The van der Waals surface area contributed by atoms with Gasteiger partial charge in [-0.1, -0.05) is 11.6 Å². The number of hydrogen-bond donors (Lipinski definition) is 2. The number of likely N-dealkylation sites (tertiary alicyclic amines) is 1. The van der Waals surface area contributed by atoms with Crippen molar-refractivity contribution in [1.82, 2.24) is 4.90 Å². The summed E-state index contributed by atoms with van der Waals surface area (Å²) in [6, 6.07) is -0.246. The summed E-state index contributed by atoms with van der Waals surface area (Å²) in [5.74, 6) is 0.878. The highest BCUT2D eigenvalue weighted by Gasteiger charge is 2.29. The molecule has 3 N–H and O–H groups in total. The number of aliphatic hydroxyl groups excluding tert-OH is 1. The van der Waals surface area contributed by atoms with E-state index in [1.165, 1.54) is 12.8 Å². The van der Waals surface area contributed by atoms with Crippen molar-refractivity contribution in [2.24, 2.45) is 5.73 Å². The van der Waals surface area contributed by atoms with Crippen LogP contribution in [0.4, 0.5) is 0 Å². The largest absolute Gasteiger partial charge is 0.493 e. The third-order valence-corrected chi connectivity index (χ3v) is 4.83. The van der Waals surface area contributed by atoms with Crippen LogP contribution in [0.5, 0.6) is 0 Å². The monoisotopic (exact) mass is 312 g/mol. The molecular formula is C16H25ClN2O2. The fourth-order valence-electron chi connectivity index (χ4n) is 3.07. The fourth-order valence-corrected chi connectivity index (χ4v) is 3.35. The van der Waals surface area contributed by atoms with E-state index in [1.54, 1.807) is 0 Å². The van der Waals surface area contributed by atoms with Crippen molar-refractivity contribution in [1.29, 1.82) is 0 Å². The molecule has 5 heteroatoms. The Labute approximate surface area is 131 Å². The normalized spacial score (nSPS) is 26.7. The lowest BCUT2D eigenvalue weighted by molar-refractivity contribution is 0.146. The van der Waals surface area contributed by atoms with Crippen LogP contribution in [-0.4, -0.2) is 47.9 Å². The van der Waals surface area contributed by atoms with E-state index >= 15 is 0 Å². The Hall–Kier alpha value is -0.550. The summed E-state index contributed by atoms with van der Waals surface area (Å²) in [4.78, 5) is 2.33. The van der Waals surface area contributed by atoms with E-state index in [-0.39, 0.29) is 6.04 Å². The zero-order valence-electron chi connectivity index (χ0n) is 12.4. The van der Waals surface area contributed by atoms with Gasteiger partial charge < -0.3 is 20.5 Å². The number of nitrogens with zero attached hydrogens (tertiary/aromatic N) is 1. The molecule has 0 aromatic rings. The number of rotatable bonds is 6. The standard InChI is InChI=1S/C16H25ClN2O2/c17-13-9-11(3-6-15(13)21-12-4-5-12)16(20)14(18)10-19-7-1-2-8-19/h9,12,14,16,20H,1-8,10,18H2/t14-,16-/m1/s1. The number of aliphatic hydroxyl groups is 1. The summed E-state index contributed by atoms with van der Waals surface area (Å²) >= 11 is 6.28. The Kier molecular flexibility index (Phi) is 4.89. The first kappa shape index (κ1) is 15.3. The number of halogens is 1. The molecule has 0 bridgehead atoms. The first-order chi connectivity index (χ1) is 10.1. The quantitative estimate of drug-likeness (QED) is 0.789. The molecule has 0 aromatic heterocycles. The van der Waals surface area contributed by atoms with Crippen molar-refractivity contribution in [3.05, 3.63) is 22.4 Å². The van der Waals surface area contributed by atoms with E-state index in [0.29, 0.717) is 11.1 Å². The third-order valence-electron chi connectivity index (χ3n) is 4.51. The minimum Gasteiger partial charge on any atom is -0.493 e. The molecule has 0 amide bonds. The Bertz CT molecular complexity index is 440. The van der Waals surface area contributed by atoms with Crippen LogP contribution in [0.3, 0.4) is 0 Å². The first-order valence-electron chi connectivity index (χ1n) is 8.05. The molecule has 2 aliphatic carbocycles. The topological polar surface area (TPSA) is 58.7 Å². The van der Waals surface area contributed by atoms with Crippen molar-refractivity contribution in [2.45, 2.75) is 56.8 Å². The molecule has 3 rings (SSSR count). The van der Waals surface area contributed by atoms with Gasteiger partial charge in [0, 0.05) is 19.0 Å². The molecule has 4 nitrogen and oxygen atoms in total. The number of allylic oxidation sites excluding steroid dienone is 3. The summed E-state index contributed by atoms with van der Waals surface area (Å²) in [5, 5.41) is 11.1. The molecule has 0 unspecified atom stereocenters. The second-order valence-corrected chi connectivity index (χ2v) is 6.83. The minimum atomic E-state index is -0.609. The highest BCUT2D eigenvalue weighted by Crippen LogP contribution is 2.34. The molecule has 2 atom stereocenters. The van der Waals surface area contributed by atoms with E-state index in [9.17, 15) is 5.11 Å². The maximum atomic E-state index is 10.5. The molecule has 0 aromatic carbocycles. The van der Waals surface area contributed by atoms with E-state index < -0.39 is 6.10 Å². The van der Waals surface area contributed by atoms with Gasteiger partial charge in [0.1, 0.15) is 5.76 Å². The van der Waals surface area contributed by atoms with Crippen LogP contribution in [0.15, 0.2) is 22.4 Å². The van der Waals surface area contributed by atoms with Gasteiger partial charge in [-0.25, -0.2) is 0 Å². The smallest absolute Gasteiger partial charge is 0.115 e. The van der Waals surface area contributed by atoms with E-state index in [4.69, 9.17) is 22.1 Å². The summed E-state index contributed by atoms with van der Waals surface area (Å²) in [5.41, 5.74) is 7.12. The van der Waals surface area contributed by atoms with Crippen molar-refractivity contribution in [3.63, 3.8) is 0 Å². The lowest BCUT2D eigenvalue weighted by atomic mass is 9.94. The average molecular weight is 313 g/mol. The van der Waals surface area contributed by atoms with Crippen molar-refractivity contribution < 1.29 is 9.84 Å². The number of hydrogen-bond acceptors (Lipinski definition) is 4. The van der Waals surface area contributed by atoms with Crippen LogP contribution >= 0.6 is 11.6 Å². The molecule has 0 spiro atoms. The van der Waals surface area contributed by atoms with Gasteiger partial charge >= 0.3 is 0 Å². The lowest BCUT2D eigenvalue weighted by Gasteiger charge is -2.28. The Morgan fingerprint density at radius 1 is 1.33 bits per heavy atom. The van der Waals surface area contributed by atoms with Gasteiger partial charge in [-0.3, -0.25) is 0 Å². The fraction of sp³-hybridized carbons (Fsp3) is 0.750. The second-order valence-electron chi connectivity index (χ2n) is 6.42. The molecule has 1 saturated carbocycles. The van der Waals surface area contributed by atoms with Gasteiger partial charge in [-0.05, 0) is 56.8 Å². The van der Waals surface area contributed by atoms with Crippen molar-refractivity contribution >= 4 is 11.6 Å². The van der Waals surface area contributed by atoms with Crippen LogP contribution in [0.25, 0.3) is 0 Å². The van der Waals surface area contributed by atoms with Crippen LogP contribution in [-0.2, 0) is 4.74 Å². The van der Waals surface area contributed by atoms with Crippen LogP contribution < -0.4 is 5.73 Å².